The van der Waals surface area contributed by atoms with Gasteiger partial charge in [0.05, 0.1) is 16.4 Å². The SMILES string of the molecule is CC1CC=Cc2c1oc1cc(N(c3ccc(-c4ccc5c(c4)c4ccccc4n5-c4ccccc4)cc3)c3ccc4c(c3)C(c3ccccc3)(c3ccccc3)c3ccccc3-4)ccc21. The van der Waals surface area contributed by atoms with Crippen molar-refractivity contribution in [3.8, 4) is 27.9 Å². The molecule has 3 heteroatoms. The lowest BCUT2D eigenvalue weighted by molar-refractivity contribution is 0.504. The molecule has 2 aliphatic rings. The Kier molecular flexibility index (Phi) is 8.48. The molecule has 2 aliphatic carbocycles. The summed E-state index contributed by atoms with van der Waals surface area (Å²) in [4.78, 5) is 2.41. The Morgan fingerprint density at radius 2 is 1.11 bits per heavy atom. The number of hydrogen-bond acceptors (Lipinski definition) is 2. The Labute approximate surface area is 378 Å². The topological polar surface area (TPSA) is 21.3 Å². The molecule has 0 saturated carbocycles. The van der Waals surface area contributed by atoms with E-state index in [-0.39, 0.29) is 0 Å². The average Bonchev–Trinajstić information content (AvgIpc) is 4.02. The summed E-state index contributed by atoms with van der Waals surface area (Å²) in [6, 6.07) is 80.3. The third-order valence-electron chi connectivity index (χ3n) is 14.1. The summed E-state index contributed by atoms with van der Waals surface area (Å²) in [5.41, 5.74) is 18.3. The van der Waals surface area contributed by atoms with Crippen molar-refractivity contribution in [2.45, 2.75) is 24.7 Å². The predicted molar refractivity (Wildman–Crippen MR) is 270 cm³/mol. The molecule has 308 valence electrons. The van der Waals surface area contributed by atoms with Gasteiger partial charge in [-0.05, 0) is 118 Å². The average molecular weight is 833 g/mol. The molecule has 0 spiro atoms. The van der Waals surface area contributed by atoms with E-state index in [1.807, 2.05) is 0 Å². The molecule has 9 aromatic carbocycles. The highest BCUT2D eigenvalue weighted by molar-refractivity contribution is 6.10. The van der Waals surface area contributed by atoms with Crippen molar-refractivity contribution in [2.24, 2.45) is 0 Å². The molecule has 0 saturated heterocycles. The van der Waals surface area contributed by atoms with Crippen LogP contribution in [0.3, 0.4) is 0 Å². The van der Waals surface area contributed by atoms with Crippen molar-refractivity contribution >= 4 is 55.9 Å². The van der Waals surface area contributed by atoms with Crippen LogP contribution in [0.5, 0.6) is 0 Å². The fourth-order valence-corrected chi connectivity index (χ4v) is 11.1. The van der Waals surface area contributed by atoms with Gasteiger partial charge in [0.1, 0.15) is 11.3 Å². The number of fused-ring (bicyclic) bond motifs is 9. The van der Waals surface area contributed by atoms with E-state index in [1.54, 1.807) is 0 Å². The van der Waals surface area contributed by atoms with Crippen molar-refractivity contribution in [2.75, 3.05) is 4.90 Å². The molecule has 2 heterocycles. The Morgan fingerprint density at radius 3 is 1.89 bits per heavy atom. The molecule has 0 N–H and O–H groups in total. The standard InChI is InChI=1S/C62H44N2O/c1-41-16-15-25-54-53-36-34-49(40-60(53)65-61(41)54)63(47-31-28-42(29-32-47)43-30-37-59-55(38-43)52-24-12-14-27-58(52)64(59)46-21-9-4-10-22-46)48-33-35-51-50-23-11-13-26-56(50)62(57(51)39-48,44-17-5-2-6-18-44)45-19-7-3-8-20-45/h2-15,17-41H,16H2,1H3. The number of para-hydroxylation sites is 2. The van der Waals surface area contributed by atoms with Crippen LogP contribution >= 0.6 is 0 Å². The molecule has 3 nitrogen and oxygen atoms in total. The number of nitrogens with zero attached hydrogens (tertiary/aromatic N) is 2. The quantitative estimate of drug-likeness (QED) is 0.160. The lowest BCUT2D eigenvalue weighted by Crippen LogP contribution is -2.28. The van der Waals surface area contributed by atoms with Crippen molar-refractivity contribution in [3.05, 3.63) is 258 Å². The normalized spacial score (nSPS) is 14.7. The summed E-state index contributed by atoms with van der Waals surface area (Å²) in [5, 5.41) is 3.64. The summed E-state index contributed by atoms with van der Waals surface area (Å²) >= 11 is 0. The first-order chi connectivity index (χ1) is 32.1. The van der Waals surface area contributed by atoms with E-state index < -0.39 is 5.41 Å². The van der Waals surface area contributed by atoms with Gasteiger partial charge < -0.3 is 13.9 Å². The lowest BCUT2D eigenvalue weighted by Gasteiger charge is -2.35. The molecular weight excluding hydrogens is 789 g/mol. The highest BCUT2D eigenvalue weighted by Crippen LogP contribution is 2.57. The monoisotopic (exact) mass is 832 g/mol. The van der Waals surface area contributed by atoms with E-state index in [1.165, 1.54) is 71.9 Å². The maximum Gasteiger partial charge on any atom is 0.137 e. The van der Waals surface area contributed by atoms with Crippen LogP contribution in [0.4, 0.5) is 17.1 Å². The summed E-state index contributed by atoms with van der Waals surface area (Å²) in [5.74, 6) is 1.41. The van der Waals surface area contributed by atoms with E-state index >= 15 is 0 Å². The molecule has 1 unspecified atom stereocenters. The Hall–Kier alpha value is -8.14. The number of furan rings is 1. The van der Waals surface area contributed by atoms with Crippen LogP contribution in [-0.4, -0.2) is 4.57 Å². The molecule has 65 heavy (non-hydrogen) atoms. The van der Waals surface area contributed by atoms with Crippen LogP contribution in [0.25, 0.3) is 66.8 Å². The van der Waals surface area contributed by atoms with Gasteiger partial charge in [0.15, 0.2) is 0 Å². The Morgan fingerprint density at radius 1 is 0.492 bits per heavy atom. The van der Waals surface area contributed by atoms with Crippen LogP contribution in [0.2, 0.25) is 0 Å². The zero-order valence-electron chi connectivity index (χ0n) is 36.0. The number of rotatable bonds is 7. The van der Waals surface area contributed by atoms with Crippen LogP contribution in [0.15, 0.2) is 229 Å². The van der Waals surface area contributed by atoms with Gasteiger partial charge in [-0.1, -0.05) is 165 Å². The first-order valence-corrected chi connectivity index (χ1v) is 22.7. The van der Waals surface area contributed by atoms with Crippen LogP contribution in [0, 0.1) is 0 Å². The molecule has 0 fully saturated rings. The number of aromatic nitrogens is 1. The minimum absolute atomic E-state index is 0.339. The smallest absolute Gasteiger partial charge is 0.137 e. The van der Waals surface area contributed by atoms with E-state index in [2.05, 4.69) is 247 Å². The first kappa shape index (κ1) is 37.4. The van der Waals surface area contributed by atoms with Gasteiger partial charge in [0.25, 0.3) is 0 Å². The third kappa shape index (κ3) is 5.68. The zero-order valence-corrected chi connectivity index (χ0v) is 36.0. The molecule has 2 aromatic heterocycles. The number of benzene rings is 9. The summed E-state index contributed by atoms with van der Waals surface area (Å²) in [6.07, 6.45) is 5.50. The lowest BCUT2D eigenvalue weighted by atomic mass is 9.67. The summed E-state index contributed by atoms with van der Waals surface area (Å²) in [7, 11) is 0. The fourth-order valence-electron chi connectivity index (χ4n) is 11.1. The molecular formula is C62H44N2O. The highest BCUT2D eigenvalue weighted by Gasteiger charge is 2.46. The highest BCUT2D eigenvalue weighted by atomic mass is 16.3. The number of allylic oxidation sites excluding steroid dienone is 1. The largest absolute Gasteiger partial charge is 0.460 e. The molecule has 11 aromatic rings. The minimum atomic E-state index is -0.519. The molecule has 13 rings (SSSR count). The van der Waals surface area contributed by atoms with Crippen molar-refractivity contribution in [1.29, 1.82) is 0 Å². The fraction of sp³-hybridized carbons (Fsp3) is 0.0645. The van der Waals surface area contributed by atoms with Crippen LogP contribution in [0.1, 0.15) is 52.8 Å². The van der Waals surface area contributed by atoms with E-state index in [4.69, 9.17) is 4.42 Å². The van der Waals surface area contributed by atoms with E-state index in [9.17, 15) is 0 Å². The van der Waals surface area contributed by atoms with Crippen molar-refractivity contribution in [3.63, 3.8) is 0 Å². The van der Waals surface area contributed by atoms with Crippen molar-refractivity contribution in [1.82, 2.24) is 4.57 Å². The molecule has 1 atom stereocenters. The van der Waals surface area contributed by atoms with E-state index in [0.717, 1.165) is 45.9 Å². The first-order valence-electron chi connectivity index (χ1n) is 22.7. The van der Waals surface area contributed by atoms with Gasteiger partial charge in [-0.2, -0.15) is 0 Å². The summed E-state index contributed by atoms with van der Waals surface area (Å²) < 4.78 is 9.10. The molecule has 0 bridgehead atoms. The van der Waals surface area contributed by atoms with Gasteiger partial charge in [-0.25, -0.2) is 0 Å². The molecule has 0 aliphatic heterocycles. The van der Waals surface area contributed by atoms with Crippen LogP contribution < -0.4 is 4.90 Å². The second-order valence-corrected chi connectivity index (χ2v) is 17.7. The second-order valence-electron chi connectivity index (χ2n) is 17.7. The zero-order chi connectivity index (χ0) is 43.1. The third-order valence-corrected chi connectivity index (χ3v) is 14.1. The Balaban J connectivity index is 0.989. The summed E-state index contributed by atoms with van der Waals surface area (Å²) in [6.45, 7) is 2.26. The Bertz CT molecular complexity index is 3600. The molecule has 0 amide bonds. The minimum Gasteiger partial charge on any atom is -0.460 e. The van der Waals surface area contributed by atoms with Gasteiger partial charge in [0.2, 0.25) is 0 Å². The predicted octanol–water partition coefficient (Wildman–Crippen LogP) is 16.6. The maximum absolute atomic E-state index is 6.72. The van der Waals surface area contributed by atoms with Crippen LogP contribution in [-0.2, 0) is 5.41 Å². The second kappa shape index (κ2) is 14.7. The molecule has 0 radical (unpaired) electrons. The van der Waals surface area contributed by atoms with Gasteiger partial charge in [0, 0.05) is 56.5 Å². The van der Waals surface area contributed by atoms with Gasteiger partial charge >= 0.3 is 0 Å². The number of anilines is 3. The number of hydrogen-bond donors (Lipinski definition) is 0. The van der Waals surface area contributed by atoms with Gasteiger partial charge in [-0.15, -0.1) is 0 Å². The van der Waals surface area contributed by atoms with E-state index in [0.29, 0.717) is 5.92 Å². The van der Waals surface area contributed by atoms with Crippen molar-refractivity contribution < 1.29 is 4.42 Å². The van der Waals surface area contributed by atoms with Gasteiger partial charge in [-0.3, -0.25) is 0 Å². The maximum atomic E-state index is 6.72.